The van der Waals surface area contributed by atoms with Crippen LogP contribution in [0.1, 0.15) is 112 Å². The molecule has 0 spiro atoms. The minimum Gasteiger partial charge on any atom is -0.796 e. The van der Waals surface area contributed by atoms with Crippen molar-refractivity contribution in [3.8, 4) is 0 Å². The third-order valence-corrected chi connectivity index (χ3v) is 19.7. The summed E-state index contributed by atoms with van der Waals surface area (Å²) in [6.45, 7) is 35.7. The molecule has 1 aliphatic rings. The Morgan fingerprint density at radius 3 is 1.06 bits per heavy atom. The molecule has 9 N–H and O–H groups in total. The molecule has 10 aromatic rings. The number of carbonyl (C=O) groups excluding carboxylic acids is 6. The van der Waals surface area contributed by atoms with Gasteiger partial charge < -0.3 is 115 Å². The fraction of sp³-hybridized carbons (Fsp3) is 0.384. The monoisotopic (exact) mass is 2230 g/mol. The highest BCUT2D eigenvalue weighted by molar-refractivity contribution is 7.99. The van der Waals surface area contributed by atoms with E-state index in [0.29, 0.717) is 28.8 Å². The van der Waals surface area contributed by atoms with Crippen LogP contribution in [0.3, 0.4) is 0 Å². The molecule has 145 heavy (non-hydrogen) atoms. The minimum absolute atomic E-state index is 0.00463. The number of alkyl carbamates (subject to hydrolysis) is 1. The number of ether oxygens (including phenoxy) is 4. The van der Waals surface area contributed by atoms with Crippen LogP contribution in [0.15, 0.2) is 301 Å². The molecule has 0 fully saturated rings. The summed E-state index contributed by atoms with van der Waals surface area (Å²) in [5.41, 5.74) is 6.66. The number of nitrogens with one attached hydrogen (secondary N) is 8. The van der Waals surface area contributed by atoms with Gasteiger partial charge >= 0.3 is 36.1 Å². The van der Waals surface area contributed by atoms with Gasteiger partial charge in [0.25, 0.3) is 0 Å². The topological polar surface area (TPSA) is 487 Å². The molecule has 0 aliphatic heterocycles. The standard InChI is InChI=1S/C9H12.C8H12N2S.C8H8O2.C7H9NO2S.C7H7.C5H12N2OS.2C5H5N.C5H10O2.C4H10N2O2.2C4H4N2.C4H11NO2S.C3H7NO2.2C3H3NS.C3H6O2.C2H7NO2S.C2H6.2C2H5.4CH4S/c1-8(2)9-6-4-3-5-7-9;1-7(2)6-11-8-9-4-3-5-10-8;1-10-8(9)7-5-3-2-4-6-7;1-8-11(9,10)7-5-3-2-4-6-7;1-7-5-3-2-4-6-7;1-6-5(8)7-3-4-9-2;2*1-2-4-6-5-3-1;1-4(2)5(6)7-3;1-5-4(8)6-2-3-7;2*1-2-5-4-6-3-1;1-4(2)8(6,7)5-3;1-4-3(5)6-2;2*1-2-5-3-4-1;1-3(4)5-2;1-3-6(2,4)5;7*1-2/h3-8H,1-2H3;3-5,7H,6H2,1-2H3;2-6H,1H3;2-6,8H,1H3;2-6H,1H2;3-4H2,1-2H3,(H2,6,7,8);2*1-5H;4H,1-3H3;7H,2-3H2,1H3,(H2,5,6,8);2*1-4H;4-5H,1-3H3;1-2H3,(H,4,5);2*1-3H;1-2H3;3H,1-2H3;1-2H3;2*1H2,2H3;4*2H,1H3/q;;;;-1;;;;;;;;;;;;;;;2*-1;;;;/p-4. The van der Waals surface area contributed by atoms with Crippen molar-refractivity contribution < 1.29 is 78.1 Å². The third-order valence-electron chi connectivity index (χ3n) is 12.8. The maximum Gasteiger partial charge on any atom is 0.406 e. The normalized spacial score (nSPS) is 9.01. The highest BCUT2D eigenvalue weighted by atomic mass is 32.2. The molecule has 5 amide bonds. The number of methoxy groups -OCH3 is 4. The summed E-state index contributed by atoms with van der Waals surface area (Å²) in [7, 11) is 5.09. The number of hydrogen-bond acceptors (Lipinski definition) is 35. The molecule has 7 aromatic heterocycles. The Labute approximate surface area is 909 Å². The molecular formula is C99H163N18O17S11-7. The van der Waals surface area contributed by atoms with Crippen molar-refractivity contribution in [2.24, 2.45) is 11.8 Å². The Morgan fingerprint density at radius 1 is 0.490 bits per heavy atom. The molecule has 3 aromatic carbocycles. The molecule has 0 radical (unpaired) electrons. The second-order valence-corrected chi connectivity index (χ2v) is 34.3. The molecule has 1 aliphatic carbocycles. The van der Waals surface area contributed by atoms with Gasteiger partial charge in [-0.05, 0) is 125 Å². The van der Waals surface area contributed by atoms with Gasteiger partial charge in [0.15, 0.2) is 5.16 Å². The second kappa shape index (κ2) is 138. The lowest BCUT2D eigenvalue weighted by Gasteiger charge is -2.04. The number of esters is 3. The van der Waals surface area contributed by atoms with E-state index >= 15 is 0 Å². The van der Waals surface area contributed by atoms with Gasteiger partial charge in [-0.3, -0.25) is 29.5 Å². The van der Waals surface area contributed by atoms with Crippen LogP contribution in [0.2, 0.25) is 0 Å². The summed E-state index contributed by atoms with van der Waals surface area (Å²) in [5, 5.41) is 24.7. The average molecular weight is 2230 g/mol. The van der Waals surface area contributed by atoms with Gasteiger partial charge in [0.2, 0.25) is 30.1 Å². The molecule has 11 rings (SSSR count). The third kappa shape index (κ3) is 149. The summed E-state index contributed by atoms with van der Waals surface area (Å²) >= 11 is 23.0. The molecule has 0 saturated heterocycles. The highest BCUT2D eigenvalue weighted by Crippen LogP contribution is 2.15. The first-order chi connectivity index (χ1) is 69.4. The number of rotatable bonds is 16. The van der Waals surface area contributed by atoms with Crippen LogP contribution >= 0.6 is 46.2 Å². The number of urea groups is 2. The van der Waals surface area contributed by atoms with Crippen molar-refractivity contribution in [3.05, 3.63) is 322 Å². The van der Waals surface area contributed by atoms with E-state index in [-0.39, 0.29) is 47.7 Å². The number of allylic oxidation sites excluding steroid dienone is 5. The fourth-order valence-electron chi connectivity index (χ4n) is 6.00. The predicted octanol–water partition coefficient (Wildman–Crippen LogP) is 17.0. The number of aromatic nitrogens is 10. The predicted molar refractivity (Wildman–Crippen MR) is 617 cm³/mol. The van der Waals surface area contributed by atoms with Gasteiger partial charge in [-0.15, -0.1) is 53.4 Å². The van der Waals surface area contributed by atoms with Gasteiger partial charge in [0.1, 0.15) is 12.7 Å². The van der Waals surface area contributed by atoms with Crippen LogP contribution in [0.25, 0.3) is 0 Å². The summed E-state index contributed by atoms with van der Waals surface area (Å²) in [6, 6.07) is 44.1. The van der Waals surface area contributed by atoms with Crippen molar-refractivity contribution in [1.82, 2.24) is 90.6 Å². The Bertz CT molecular complexity index is 4320. The van der Waals surface area contributed by atoms with Gasteiger partial charge in [-0.1, -0.05) is 146 Å². The first-order valence-corrected chi connectivity index (χ1v) is 55.8. The first-order valence-electron chi connectivity index (χ1n) is 43.4. The van der Waals surface area contributed by atoms with Gasteiger partial charge in [-0.25, -0.2) is 88.5 Å². The van der Waals surface area contributed by atoms with Crippen molar-refractivity contribution in [3.63, 3.8) is 0 Å². The molecule has 46 heteroatoms. The largest absolute Gasteiger partial charge is 0.796 e. The van der Waals surface area contributed by atoms with Crippen LogP contribution in [0.4, 0.5) is 14.4 Å². The zero-order valence-electron chi connectivity index (χ0n) is 89.5. The van der Waals surface area contributed by atoms with Gasteiger partial charge in [-0.2, -0.15) is 62.8 Å². The zero-order valence-corrected chi connectivity index (χ0v) is 98.5. The Hall–Kier alpha value is -10.4. The summed E-state index contributed by atoms with van der Waals surface area (Å²) in [5.74, 6) is 2.72. The summed E-state index contributed by atoms with van der Waals surface area (Å²) in [6.07, 6.45) is 42.7. The van der Waals surface area contributed by atoms with Crippen molar-refractivity contribution in [2.45, 2.75) is 111 Å². The number of carbonyl (C=O) groups is 6. The maximum atomic E-state index is 11.1. The SMILES string of the molecule is C=C1C=CC=C[CH-]1.CC.CC(C)CSc1ncccn1.CC(C)c1ccccc1.CNC(=O)NCCO.CNC(=O)NCCSC.CNC(=O)OC.CNS(=O)(=O)C(C)C.CNS(=O)(=O)c1ccccc1.CNS(C)(=O)=O.COC(=O)C(C)C.COC(=O)c1ccccc1.COC(C)=O.C[S-].C[S-].C[S-].C[S-].[CH2-]C.[CH2-]C.c1ccncc1.c1ccncc1.c1cncnc1.c1cncnc1.c1cscn1.c1cscn1. The van der Waals surface area contributed by atoms with Crippen LogP contribution in [0, 0.1) is 32.1 Å². The number of aliphatic hydroxyl groups is 1. The van der Waals surface area contributed by atoms with Gasteiger partial charge in [0, 0.05) is 138 Å². The van der Waals surface area contributed by atoms with E-state index < -0.39 is 36.2 Å². The molecule has 0 saturated carbocycles. The fourth-order valence-corrected chi connectivity index (χ4v) is 8.98. The summed E-state index contributed by atoms with van der Waals surface area (Å²) in [4.78, 5) is 99.5. The van der Waals surface area contributed by atoms with E-state index in [1.165, 1.54) is 88.8 Å². The molecule has 35 nitrogen and oxygen atoms in total. The Balaban J connectivity index is -0.000000104. The molecular weight excluding hydrogens is 2070 g/mol. The smallest absolute Gasteiger partial charge is 0.406 e. The second-order valence-electron chi connectivity index (χ2n) is 24.5. The Kier molecular flexibility index (Phi) is 157. The van der Waals surface area contributed by atoms with E-state index in [2.05, 4.69) is 232 Å². The number of aliphatic hydroxyl groups excluding tert-OH is 1. The van der Waals surface area contributed by atoms with Crippen molar-refractivity contribution in [2.75, 3.05) is 139 Å². The van der Waals surface area contributed by atoms with Crippen LogP contribution in [0.5, 0.6) is 0 Å². The average Bonchev–Trinajstić information content (AvgIpc) is 1.28. The van der Waals surface area contributed by atoms with Gasteiger partial charge in [0.05, 0.1) is 73.9 Å². The minimum atomic E-state index is -3.25. The lowest BCUT2D eigenvalue weighted by molar-refractivity contribution is -0.144. The molecule has 0 atom stereocenters. The van der Waals surface area contributed by atoms with E-state index in [4.69, 9.17) is 5.11 Å². The number of amides is 5. The van der Waals surface area contributed by atoms with E-state index in [9.17, 15) is 54.0 Å². The zero-order chi connectivity index (χ0) is 114. The Morgan fingerprint density at radius 2 is 0.869 bits per heavy atom. The lowest BCUT2D eigenvalue weighted by Crippen LogP contribution is -2.34. The van der Waals surface area contributed by atoms with E-state index in [1.54, 1.807) is 272 Å². The van der Waals surface area contributed by atoms with E-state index in [1.807, 2.05) is 116 Å². The number of pyridine rings is 2. The highest BCUT2D eigenvalue weighted by Gasteiger charge is 2.11. The summed E-state index contributed by atoms with van der Waals surface area (Å²) < 4.78 is 86.8. The van der Waals surface area contributed by atoms with Crippen molar-refractivity contribution in [1.29, 1.82) is 0 Å². The van der Waals surface area contributed by atoms with Crippen LogP contribution in [-0.2, 0) is 109 Å². The van der Waals surface area contributed by atoms with Crippen molar-refractivity contribution >= 4 is 163 Å². The van der Waals surface area contributed by atoms with Crippen LogP contribution in [-0.4, -0.2) is 261 Å². The first kappa shape index (κ1) is 165. The molecule has 0 bridgehead atoms. The molecule has 7 heterocycles. The number of benzene rings is 3. The lowest BCUT2D eigenvalue weighted by atomic mass is 10.0. The maximum absolute atomic E-state index is 11.1. The number of hydrogen-bond donors (Lipinski definition) is 9. The van der Waals surface area contributed by atoms with E-state index in [0.717, 1.165) is 35.0 Å². The number of sulfonamides is 3. The van der Waals surface area contributed by atoms with Crippen LogP contribution < -0.4 is 40.8 Å². The molecule has 824 valence electrons. The quantitative estimate of drug-likeness (QED) is 0.00825. The number of thioether (sulfide) groups is 2. The molecule has 0 unspecified atom stereocenters. The number of nitrogens with zero attached hydrogens (tertiary/aromatic N) is 10. The number of thiazole rings is 2.